The molecule has 0 bridgehead atoms. The average molecular weight is 312 g/mol. The van der Waals surface area contributed by atoms with Crippen molar-refractivity contribution in [1.82, 2.24) is 0 Å². The maximum Gasteiger partial charge on any atom is 0.420 e. The SMILES string of the molecule is CCc1ccc(Sc2ccc(OC)c(C(F)(F)F)c2)cc1. The summed E-state index contributed by atoms with van der Waals surface area (Å²) in [6.07, 6.45) is -3.49. The number of hydrogen-bond acceptors (Lipinski definition) is 2. The Kier molecular flexibility index (Phi) is 4.83. The Morgan fingerprint density at radius 3 is 2.14 bits per heavy atom. The Balaban J connectivity index is 2.27. The zero-order chi connectivity index (χ0) is 15.5. The molecule has 0 saturated heterocycles. The van der Waals surface area contributed by atoms with Gasteiger partial charge in [0.15, 0.2) is 0 Å². The van der Waals surface area contributed by atoms with Gasteiger partial charge in [-0.3, -0.25) is 0 Å². The second-order valence-corrected chi connectivity index (χ2v) is 5.61. The highest BCUT2D eigenvalue weighted by molar-refractivity contribution is 7.99. The summed E-state index contributed by atoms with van der Waals surface area (Å²) in [5.41, 5.74) is 0.449. The van der Waals surface area contributed by atoms with E-state index in [1.807, 2.05) is 24.3 Å². The summed E-state index contributed by atoms with van der Waals surface area (Å²) in [6, 6.07) is 11.9. The van der Waals surface area contributed by atoms with Crippen LogP contribution in [0.5, 0.6) is 5.75 Å². The Morgan fingerprint density at radius 2 is 1.62 bits per heavy atom. The molecule has 0 aliphatic carbocycles. The summed E-state index contributed by atoms with van der Waals surface area (Å²) >= 11 is 1.30. The summed E-state index contributed by atoms with van der Waals surface area (Å²) in [7, 11) is 1.24. The molecule has 0 saturated carbocycles. The average Bonchev–Trinajstić information content (AvgIpc) is 2.47. The molecule has 0 heterocycles. The summed E-state index contributed by atoms with van der Waals surface area (Å²) in [5.74, 6) is -0.159. The van der Waals surface area contributed by atoms with Gasteiger partial charge in [0.05, 0.1) is 12.7 Å². The zero-order valence-electron chi connectivity index (χ0n) is 11.7. The van der Waals surface area contributed by atoms with E-state index in [0.29, 0.717) is 4.90 Å². The number of ether oxygens (including phenoxy) is 1. The van der Waals surface area contributed by atoms with Crippen LogP contribution < -0.4 is 4.74 Å². The molecule has 21 heavy (non-hydrogen) atoms. The van der Waals surface area contributed by atoms with Crippen molar-refractivity contribution in [3.8, 4) is 5.75 Å². The van der Waals surface area contributed by atoms with Gasteiger partial charge in [-0.05, 0) is 42.3 Å². The first-order valence-electron chi connectivity index (χ1n) is 6.46. The first-order valence-corrected chi connectivity index (χ1v) is 7.27. The van der Waals surface area contributed by atoms with Crippen molar-refractivity contribution in [1.29, 1.82) is 0 Å². The first kappa shape index (κ1) is 15.8. The minimum absolute atomic E-state index is 0.159. The lowest BCUT2D eigenvalue weighted by Crippen LogP contribution is -2.07. The smallest absolute Gasteiger partial charge is 0.420 e. The predicted octanol–water partition coefficient (Wildman–Crippen LogP) is 5.43. The van der Waals surface area contributed by atoms with E-state index < -0.39 is 11.7 Å². The number of methoxy groups -OCH3 is 1. The quantitative estimate of drug-likeness (QED) is 0.744. The molecule has 0 aliphatic rings. The van der Waals surface area contributed by atoms with Crippen molar-refractivity contribution in [2.45, 2.75) is 29.3 Å². The van der Waals surface area contributed by atoms with Gasteiger partial charge < -0.3 is 4.74 Å². The molecule has 0 aliphatic heterocycles. The summed E-state index contributed by atoms with van der Waals surface area (Å²) in [6.45, 7) is 2.06. The minimum Gasteiger partial charge on any atom is -0.496 e. The molecule has 112 valence electrons. The summed E-state index contributed by atoms with van der Waals surface area (Å²) < 4.78 is 43.7. The molecule has 0 atom stereocenters. The van der Waals surface area contributed by atoms with Crippen LogP contribution in [0.2, 0.25) is 0 Å². The highest BCUT2D eigenvalue weighted by atomic mass is 32.2. The number of hydrogen-bond donors (Lipinski definition) is 0. The zero-order valence-corrected chi connectivity index (χ0v) is 12.5. The molecular formula is C16H15F3OS. The molecule has 0 fully saturated rings. The fourth-order valence-electron chi connectivity index (χ4n) is 1.90. The van der Waals surface area contributed by atoms with Crippen molar-refractivity contribution >= 4 is 11.8 Å². The molecule has 2 rings (SSSR count). The minimum atomic E-state index is -4.42. The van der Waals surface area contributed by atoms with E-state index in [0.717, 1.165) is 17.4 Å². The fraction of sp³-hybridized carbons (Fsp3) is 0.250. The van der Waals surface area contributed by atoms with Crippen molar-refractivity contribution in [2.24, 2.45) is 0 Å². The second kappa shape index (κ2) is 6.43. The van der Waals surface area contributed by atoms with Crippen LogP contribution in [0.4, 0.5) is 13.2 Å². The Hall–Kier alpha value is -1.62. The second-order valence-electron chi connectivity index (χ2n) is 4.46. The third kappa shape index (κ3) is 3.94. The lowest BCUT2D eigenvalue weighted by Gasteiger charge is -2.13. The Labute approximate surface area is 126 Å². The maximum absolute atomic E-state index is 13.0. The van der Waals surface area contributed by atoms with Crippen molar-refractivity contribution in [2.75, 3.05) is 7.11 Å². The molecule has 0 N–H and O–H groups in total. The van der Waals surface area contributed by atoms with E-state index >= 15 is 0 Å². The monoisotopic (exact) mass is 312 g/mol. The third-order valence-corrected chi connectivity index (χ3v) is 4.04. The topological polar surface area (TPSA) is 9.23 Å². The molecule has 1 nitrogen and oxygen atoms in total. The van der Waals surface area contributed by atoms with Crippen LogP contribution in [0.25, 0.3) is 0 Å². The Morgan fingerprint density at radius 1 is 1.00 bits per heavy atom. The molecular weight excluding hydrogens is 297 g/mol. The van der Waals surface area contributed by atoms with Gasteiger partial charge in [-0.25, -0.2) is 0 Å². The van der Waals surface area contributed by atoms with E-state index in [-0.39, 0.29) is 5.75 Å². The fourth-order valence-corrected chi connectivity index (χ4v) is 2.76. The van der Waals surface area contributed by atoms with E-state index in [2.05, 4.69) is 6.92 Å². The molecule has 0 amide bonds. The summed E-state index contributed by atoms with van der Waals surface area (Å²) in [4.78, 5) is 1.44. The van der Waals surface area contributed by atoms with E-state index in [1.165, 1.54) is 30.5 Å². The summed E-state index contributed by atoms with van der Waals surface area (Å²) in [5, 5.41) is 0. The van der Waals surface area contributed by atoms with Gasteiger partial charge in [0.1, 0.15) is 5.75 Å². The molecule has 5 heteroatoms. The van der Waals surface area contributed by atoms with Crippen LogP contribution in [0.15, 0.2) is 52.3 Å². The highest BCUT2D eigenvalue weighted by Crippen LogP contribution is 2.39. The van der Waals surface area contributed by atoms with E-state index in [4.69, 9.17) is 4.74 Å². The van der Waals surface area contributed by atoms with E-state index in [9.17, 15) is 13.2 Å². The van der Waals surface area contributed by atoms with Crippen LogP contribution in [-0.2, 0) is 12.6 Å². The Bertz CT molecular complexity index is 606. The molecule has 2 aromatic rings. The normalized spacial score (nSPS) is 11.5. The molecule has 0 aromatic heterocycles. The number of benzene rings is 2. The lowest BCUT2D eigenvalue weighted by molar-refractivity contribution is -0.138. The molecule has 0 unspecified atom stereocenters. The van der Waals surface area contributed by atoms with Crippen LogP contribution in [0.3, 0.4) is 0 Å². The van der Waals surface area contributed by atoms with Gasteiger partial charge in [0.25, 0.3) is 0 Å². The standard InChI is InChI=1S/C16H15F3OS/c1-3-11-4-6-12(7-5-11)21-13-8-9-15(20-2)14(10-13)16(17,18)19/h4-10H,3H2,1-2H3. The number of rotatable bonds is 4. The van der Waals surface area contributed by atoms with Crippen molar-refractivity contribution < 1.29 is 17.9 Å². The number of alkyl halides is 3. The van der Waals surface area contributed by atoms with Gasteiger partial charge in [0.2, 0.25) is 0 Å². The largest absolute Gasteiger partial charge is 0.496 e. The van der Waals surface area contributed by atoms with Gasteiger partial charge in [-0.15, -0.1) is 0 Å². The van der Waals surface area contributed by atoms with Crippen molar-refractivity contribution in [3.63, 3.8) is 0 Å². The molecule has 0 radical (unpaired) electrons. The predicted molar refractivity (Wildman–Crippen MR) is 77.9 cm³/mol. The van der Waals surface area contributed by atoms with Crippen LogP contribution >= 0.6 is 11.8 Å². The van der Waals surface area contributed by atoms with Crippen LogP contribution in [0, 0.1) is 0 Å². The first-order chi connectivity index (χ1) is 9.94. The van der Waals surface area contributed by atoms with E-state index in [1.54, 1.807) is 6.07 Å². The van der Waals surface area contributed by atoms with Crippen LogP contribution in [0.1, 0.15) is 18.1 Å². The third-order valence-electron chi connectivity index (χ3n) is 3.04. The van der Waals surface area contributed by atoms with Gasteiger partial charge in [-0.2, -0.15) is 13.2 Å². The highest BCUT2D eigenvalue weighted by Gasteiger charge is 2.34. The number of aryl methyl sites for hydroxylation is 1. The van der Waals surface area contributed by atoms with Crippen LogP contribution in [-0.4, -0.2) is 7.11 Å². The number of halogens is 3. The van der Waals surface area contributed by atoms with Gasteiger partial charge >= 0.3 is 6.18 Å². The lowest BCUT2D eigenvalue weighted by atomic mass is 10.2. The van der Waals surface area contributed by atoms with Gasteiger partial charge in [-0.1, -0.05) is 30.8 Å². The maximum atomic E-state index is 13.0. The molecule has 2 aromatic carbocycles. The molecule has 0 spiro atoms. The van der Waals surface area contributed by atoms with Crippen molar-refractivity contribution in [3.05, 3.63) is 53.6 Å². The van der Waals surface area contributed by atoms with Gasteiger partial charge in [0, 0.05) is 9.79 Å².